The van der Waals surface area contributed by atoms with Crippen LogP contribution in [0.3, 0.4) is 0 Å². The molecule has 0 saturated carbocycles. The average molecular weight is 510 g/mol. The van der Waals surface area contributed by atoms with Crippen molar-refractivity contribution >= 4 is 40.2 Å². The predicted molar refractivity (Wildman–Crippen MR) is 146 cm³/mol. The Labute approximate surface area is 215 Å². The minimum Gasteiger partial charge on any atom is -0.370 e. The average Bonchev–Trinajstić information content (AvgIpc) is 3.51. The number of rotatable bonds is 8. The van der Waals surface area contributed by atoms with Gasteiger partial charge in [0.25, 0.3) is 0 Å². The third kappa shape index (κ3) is 5.44. The van der Waals surface area contributed by atoms with E-state index in [0.717, 1.165) is 58.7 Å². The monoisotopic (exact) mass is 509 g/mol. The second-order valence-corrected chi connectivity index (χ2v) is 10.9. The summed E-state index contributed by atoms with van der Waals surface area (Å²) in [5.41, 5.74) is 4.00. The molecule has 3 N–H and O–H groups in total. The van der Waals surface area contributed by atoms with Gasteiger partial charge in [-0.25, -0.2) is 9.97 Å². The van der Waals surface area contributed by atoms with Gasteiger partial charge in [-0.15, -0.1) is 11.3 Å². The maximum atomic E-state index is 6.18. The van der Waals surface area contributed by atoms with Gasteiger partial charge in [-0.1, -0.05) is 37.6 Å². The van der Waals surface area contributed by atoms with E-state index in [2.05, 4.69) is 53.3 Å². The Morgan fingerprint density at radius 2 is 2.00 bits per heavy atom. The van der Waals surface area contributed by atoms with Gasteiger partial charge in [0, 0.05) is 34.1 Å². The van der Waals surface area contributed by atoms with E-state index in [1.54, 1.807) is 11.3 Å². The fourth-order valence-electron chi connectivity index (χ4n) is 4.47. The second kappa shape index (κ2) is 10.5. The highest BCUT2D eigenvalue weighted by molar-refractivity contribution is 7.10. The van der Waals surface area contributed by atoms with Crippen molar-refractivity contribution in [2.75, 3.05) is 30.3 Å². The number of benzene rings is 1. The smallest absolute Gasteiger partial charge is 0.163 e. The molecule has 0 amide bonds. The van der Waals surface area contributed by atoms with E-state index in [0.29, 0.717) is 16.9 Å². The van der Waals surface area contributed by atoms with Crippen molar-refractivity contribution < 1.29 is 0 Å². The van der Waals surface area contributed by atoms with Gasteiger partial charge in [-0.3, -0.25) is 0 Å². The molecule has 1 saturated heterocycles. The summed E-state index contributed by atoms with van der Waals surface area (Å²) in [6.45, 7) is 9.59. The van der Waals surface area contributed by atoms with Crippen LogP contribution in [0.25, 0.3) is 16.9 Å². The van der Waals surface area contributed by atoms with Crippen molar-refractivity contribution in [2.24, 2.45) is 5.92 Å². The third-order valence-corrected chi connectivity index (χ3v) is 7.79. The normalized spacial score (nSPS) is 15.6. The Kier molecular flexibility index (Phi) is 7.22. The number of hydrogen-bond acceptors (Lipinski definition) is 7. The molecule has 4 aromatic rings. The van der Waals surface area contributed by atoms with Gasteiger partial charge < -0.3 is 16.0 Å². The van der Waals surface area contributed by atoms with Crippen LogP contribution in [0, 0.1) is 5.92 Å². The van der Waals surface area contributed by atoms with E-state index in [4.69, 9.17) is 21.6 Å². The predicted octanol–water partition coefficient (Wildman–Crippen LogP) is 6.21. The minimum atomic E-state index is 0.00232. The Morgan fingerprint density at radius 3 is 2.77 bits per heavy atom. The highest BCUT2D eigenvalue weighted by Crippen LogP contribution is 2.30. The molecule has 184 valence electrons. The fourth-order valence-corrected chi connectivity index (χ4v) is 5.49. The molecule has 1 aliphatic heterocycles. The van der Waals surface area contributed by atoms with Crippen molar-refractivity contribution in [1.82, 2.24) is 24.9 Å². The van der Waals surface area contributed by atoms with E-state index in [-0.39, 0.29) is 6.04 Å². The molecular formula is C26H32ClN7S. The number of nitrogens with one attached hydrogen (secondary N) is 3. The standard InChI is InChI=1S/C26H32ClN7S/c1-16(2)21-14-30-34-24(12-23(33-25(21)34)29-13-18-7-9-28-10-8-18)31-17(3)26-32-22(15-35-26)19-5-4-6-20(27)11-19/h4-6,11-12,14-18,28,31H,7-10,13H2,1-3H3,(H,29,33). The van der Waals surface area contributed by atoms with Gasteiger partial charge in [0.05, 0.1) is 17.9 Å². The van der Waals surface area contributed by atoms with Gasteiger partial charge in [0.15, 0.2) is 5.65 Å². The van der Waals surface area contributed by atoms with Gasteiger partial charge >= 0.3 is 0 Å². The number of halogens is 1. The molecule has 1 fully saturated rings. The lowest BCUT2D eigenvalue weighted by Crippen LogP contribution is -2.31. The fraction of sp³-hybridized carbons (Fsp3) is 0.423. The first-order valence-electron chi connectivity index (χ1n) is 12.3. The summed E-state index contributed by atoms with van der Waals surface area (Å²) in [5, 5.41) is 19.1. The molecule has 9 heteroatoms. The zero-order chi connectivity index (χ0) is 24.4. The summed E-state index contributed by atoms with van der Waals surface area (Å²) in [4.78, 5) is 9.82. The summed E-state index contributed by atoms with van der Waals surface area (Å²) in [6, 6.07) is 9.88. The van der Waals surface area contributed by atoms with Crippen LogP contribution in [-0.2, 0) is 0 Å². The number of nitrogens with zero attached hydrogens (tertiary/aromatic N) is 4. The van der Waals surface area contributed by atoms with E-state index >= 15 is 0 Å². The summed E-state index contributed by atoms with van der Waals surface area (Å²) in [5.74, 6) is 2.79. The second-order valence-electron chi connectivity index (χ2n) is 9.54. The molecule has 0 radical (unpaired) electrons. The number of aromatic nitrogens is 4. The van der Waals surface area contributed by atoms with Crippen LogP contribution in [0.15, 0.2) is 41.9 Å². The van der Waals surface area contributed by atoms with Gasteiger partial charge in [-0.2, -0.15) is 9.61 Å². The summed E-state index contributed by atoms with van der Waals surface area (Å²) in [6.07, 6.45) is 4.32. The summed E-state index contributed by atoms with van der Waals surface area (Å²) < 4.78 is 1.91. The van der Waals surface area contributed by atoms with Crippen LogP contribution in [0.1, 0.15) is 56.1 Å². The Morgan fingerprint density at radius 1 is 1.17 bits per heavy atom. The molecule has 4 heterocycles. The van der Waals surface area contributed by atoms with Crippen molar-refractivity contribution in [3.8, 4) is 11.3 Å². The maximum absolute atomic E-state index is 6.18. The molecule has 1 atom stereocenters. The van der Waals surface area contributed by atoms with Gasteiger partial charge in [-0.05, 0) is 56.8 Å². The largest absolute Gasteiger partial charge is 0.370 e. The van der Waals surface area contributed by atoms with Crippen molar-refractivity contribution in [3.05, 3.63) is 57.5 Å². The number of anilines is 2. The Bertz CT molecular complexity index is 1290. The Balaban J connectivity index is 1.40. The zero-order valence-corrected chi connectivity index (χ0v) is 22.0. The highest BCUT2D eigenvalue weighted by Gasteiger charge is 2.19. The molecule has 3 aromatic heterocycles. The first kappa shape index (κ1) is 24.0. The lowest BCUT2D eigenvalue weighted by Gasteiger charge is -2.23. The van der Waals surface area contributed by atoms with Crippen LogP contribution in [0.5, 0.6) is 0 Å². The number of thiazole rings is 1. The van der Waals surface area contributed by atoms with Crippen LogP contribution < -0.4 is 16.0 Å². The maximum Gasteiger partial charge on any atom is 0.163 e. The van der Waals surface area contributed by atoms with E-state index in [9.17, 15) is 0 Å². The van der Waals surface area contributed by atoms with E-state index < -0.39 is 0 Å². The SMILES string of the molecule is CC(C)c1cnn2c(NC(C)c3nc(-c4cccc(Cl)c4)cs3)cc(NCC3CCNCC3)nc12. The molecule has 1 aliphatic rings. The quantitative estimate of drug-likeness (QED) is 0.262. The number of fused-ring (bicyclic) bond motifs is 1. The van der Waals surface area contributed by atoms with Crippen molar-refractivity contribution in [1.29, 1.82) is 0 Å². The molecule has 7 nitrogen and oxygen atoms in total. The molecule has 1 aromatic carbocycles. The zero-order valence-electron chi connectivity index (χ0n) is 20.4. The number of piperidine rings is 1. The van der Waals surface area contributed by atoms with Crippen molar-refractivity contribution in [3.63, 3.8) is 0 Å². The van der Waals surface area contributed by atoms with Gasteiger partial charge in [0.1, 0.15) is 16.6 Å². The third-order valence-electron chi connectivity index (χ3n) is 6.53. The molecule has 0 bridgehead atoms. The molecule has 5 rings (SSSR count). The van der Waals surface area contributed by atoms with Crippen molar-refractivity contribution in [2.45, 2.75) is 45.6 Å². The molecule has 1 unspecified atom stereocenters. The van der Waals surface area contributed by atoms with Gasteiger partial charge in [0.2, 0.25) is 0 Å². The number of hydrogen-bond donors (Lipinski definition) is 3. The molecular weight excluding hydrogens is 478 g/mol. The highest BCUT2D eigenvalue weighted by atomic mass is 35.5. The molecule has 0 aliphatic carbocycles. The summed E-state index contributed by atoms with van der Waals surface area (Å²) >= 11 is 7.82. The topological polar surface area (TPSA) is 79.2 Å². The summed E-state index contributed by atoms with van der Waals surface area (Å²) in [7, 11) is 0. The van der Waals surface area contributed by atoms with Crippen LogP contribution in [-0.4, -0.2) is 39.2 Å². The van der Waals surface area contributed by atoms with Crippen LogP contribution in [0.2, 0.25) is 5.02 Å². The van der Waals surface area contributed by atoms with Crippen LogP contribution in [0.4, 0.5) is 11.6 Å². The van der Waals surface area contributed by atoms with E-state index in [1.165, 1.54) is 12.8 Å². The minimum absolute atomic E-state index is 0.00232. The Hall–Kier alpha value is -2.68. The van der Waals surface area contributed by atoms with Crippen LogP contribution >= 0.6 is 22.9 Å². The first-order valence-corrected chi connectivity index (χ1v) is 13.5. The van der Waals surface area contributed by atoms with E-state index in [1.807, 2.05) is 35.0 Å². The molecule has 0 spiro atoms. The lowest BCUT2D eigenvalue weighted by atomic mass is 9.98. The first-order chi connectivity index (χ1) is 17.0. The lowest BCUT2D eigenvalue weighted by molar-refractivity contribution is 0.389. The molecule has 35 heavy (non-hydrogen) atoms.